The summed E-state index contributed by atoms with van der Waals surface area (Å²) in [6.45, 7) is 0. The van der Waals surface area contributed by atoms with Gasteiger partial charge in [-0.15, -0.1) is 15.1 Å². The second-order valence-corrected chi connectivity index (χ2v) is 5.75. The van der Waals surface area contributed by atoms with E-state index in [0.717, 1.165) is 12.0 Å². The lowest BCUT2D eigenvalue weighted by molar-refractivity contribution is -0.132. The molecule has 1 saturated heterocycles. The first-order chi connectivity index (χ1) is 11.4. The van der Waals surface area contributed by atoms with Crippen molar-refractivity contribution in [1.29, 1.82) is 0 Å². The van der Waals surface area contributed by atoms with Crippen molar-refractivity contribution >= 4 is 40.8 Å². The Balaban J connectivity index is 1.99. The third kappa shape index (κ3) is 2.24. The third-order valence-electron chi connectivity index (χ3n) is 3.92. The fraction of sp³-hybridized carbons (Fsp3) is 0.286. The molecule has 0 saturated carbocycles. The molecule has 0 aliphatic carbocycles. The Morgan fingerprint density at radius 1 is 1.38 bits per heavy atom. The van der Waals surface area contributed by atoms with E-state index in [1.54, 1.807) is 12.1 Å². The van der Waals surface area contributed by atoms with Crippen molar-refractivity contribution in [2.24, 2.45) is 10.4 Å². The summed E-state index contributed by atoms with van der Waals surface area (Å²) in [4.78, 5) is 48.9. The predicted octanol–water partition coefficient (Wildman–Crippen LogP) is 1.26. The van der Waals surface area contributed by atoms with Gasteiger partial charge in [-0.2, -0.15) is 0 Å². The van der Waals surface area contributed by atoms with Crippen molar-refractivity contribution in [2.45, 2.75) is 18.4 Å². The average Bonchev–Trinajstić information content (AvgIpc) is 3.05. The first kappa shape index (κ1) is 16.1. The highest BCUT2D eigenvalue weighted by Gasteiger charge is 2.61. The number of esters is 1. The van der Waals surface area contributed by atoms with Gasteiger partial charge in [-0.25, -0.2) is 9.69 Å². The molecule has 1 aromatic rings. The van der Waals surface area contributed by atoms with Crippen LogP contribution in [0.4, 0.5) is 5.69 Å². The van der Waals surface area contributed by atoms with E-state index >= 15 is 0 Å². The molecule has 1 atom stereocenters. The maximum atomic E-state index is 12.9. The van der Waals surface area contributed by atoms with Gasteiger partial charge in [-0.3, -0.25) is 9.59 Å². The van der Waals surface area contributed by atoms with Gasteiger partial charge in [0.2, 0.25) is 5.91 Å². The van der Waals surface area contributed by atoms with Gasteiger partial charge < -0.3 is 4.74 Å². The van der Waals surface area contributed by atoms with Crippen LogP contribution in [0.25, 0.3) is 0 Å². The standard InChI is InChI=1S/C14H11ClN4O5/c1-24-12(21)10-6-14(19(16-10)17-23)7-11(20)18(13(14)22)9-4-2-3-8(15)5-9/h2-5H,6-7H2,1H3/t14-/m1/s1. The Hall–Kier alpha value is -2.81. The van der Waals surface area contributed by atoms with Crippen LogP contribution in [-0.4, -0.2) is 41.3 Å². The van der Waals surface area contributed by atoms with Crippen molar-refractivity contribution in [1.82, 2.24) is 5.12 Å². The Morgan fingerprint density at radius 3 is 2.75 bits per heavy atom. The molecule has 2 aliphatic heterocycles. The Labute approximate surface area is 140 Å². The smallest absolute Gasteiger partial charge is 0.354 e. The largest absolute Gasteiger partial charge is 0.464 e. The Morgan fingerprint density at radius 2 is 2.12 bits per heavy atom. The summed E-state index contributed by atoms with van der Waals surface area (Å²) in [5.41, 5.74) is -1.53. The molecule has 9 nitrogen and oxygen atoms in total. The molecule has 0 bridgehead atoms. The number of rotatable bonds is 3. The minimum Gasteiger partial charge on any atom is -0.464 e. The van der Waals surface area contributed by atoms with E-state index in [2.05, 4.69) is 15.1 Å². The lowest BCUT2D eigenvalue weighted by Gasteiger charge is -2.24. The number of nitroso groups, excluding NO2 is 1. The number of carbonyl (C=O) groups excluding carboxylic acids is 3. The van der Waals surface area contributed by atoms with E-state index in [9.17, 15) is 19.3 Å². The van der Waals surface area contributed by atoms with Crippen LogP contribution < -0.4 is 4.90 Å². The molecule has 1 fully saturated rings. The van der Waals surface area contributed by atoms with Crippen molar-refractivity contribution in [3.8, 4) is 0 Å². The van der Waals surface area contributed by atoms with Crippen LogP contribution in [-0.2, 0) is 19.1 Å². The van der Waals surface area contributed by atoms with E-state index in [1.807, 2.05) is 0 Å². The zero-order valence-corrected chi connectivity index (χ0v) is 13.2. The number of amides is 2. The zero-order valence-electron chi connectivity index (χ0n) is 12.4. The number of benzene rings is 1. The number of nitrogens with zero attached hydrogens (tertiary/aromatic N) is 4. The Kier molecular flexibility index (Phi) is 3.80. The quantitative estimate of drug-likeness (QED) is 0.461. The van der Waals surface area contributed by atoms with Crippen LogP contribution in [0.3, 0.4) is 0 Å². The molecule has 2 aliphatic rings. The number of hydrogen-bond donors (Lipinski definition) is 0. The second-order valence-electron chi connectivity index (χ2n) is 5.31. The third-order valence-corrected chi connectivity index (χ3v) is 4.15. The molecule has 0 N–H and O–H groups in total. The molecule has 3 rings (SSSR count). The van der Waals surface area contributed by atoms with Gasteiger partial charge >= 0.3 is 5.97 Å². The van der Waals surface area contributed by atoms with Crippen LogP contribution >= 0.6 is 11.6 Å². The fourth-order valence-corrected chi connectivity index (χ4v) is 3.00. The maximum absolute atomic E-state index is 12.9. The number of hydrazone groups is 1. The molecule has 2 heterocycles. The minimum absolute atomic E-state index is 0.147. The van der Waals surface area contributed by atoms with Gasteiger partial charge in [0.1, 0.15) is 0 Å². The van der Waals surface area contributed by atoms with E-state index < -0.39 is 23.3 Å². The van der Waals surface area contributed by atoms with Gasteiger partial charge in [0.25, 0.3) is 5.91 Å². The van der Waals surface area contributed by atoms with Gasteiger partial charge in [-0.05, 0) is 18.2 Å². The summed E-state index contributed by atoms with van der Waals surface area (Å²) in [5, 5.41) is 7.31. The molecule has 1 aromatic carbocycles. The molecule has 24 heavy (non-hydrogen) atoms. The van der Waals surface area contributed by atoms with Crippen molar-refractivity contribution < 1.29 is 19.1 Å². The van der Waals surface area contributed by atoms with E-state index in [1.165, 1.54) is 12.1 Å². The van der Waals surface area contributed by atoms with Gasteiger partial charge in [0.05, 0.1) is 24.5 Å². The lowest BCUT2D eigenvalue weighted by atomic mass is 9.92. The topological polar surface area (TPSA) is 109 Å². The van der Waals surface area contributed by atoms with Crippen LogP contribution in [0.1, 0.15) is 12.8 Å². The number of carbonyl (C=O) groups is 3. The normalized spacial score (nSPS) is 23.0. The summed E-state index contributed by atoms with van der Waals surface area (Å²) < 4.78 is 4.55. The maximum Gasteiger partial charge on any atom is 0.354 e. The number of halogens is 1. The zero-order chi connectivity index (χ0) is 17.5. The van der Waals surface area contributed by atoms with Crippen LogP contribution in [0.2, 0.25) is 5.02 Å². The molecule has 10 heteroatoms. The highest BCUT2D eigenvalue weighted by molar-refractivity contribution is 6.39. The number of methoxy groups -OCH3 is 1. The SMILES string of the molecule is COC(=O)C1=NN(N=O)[C@@]2(CC(=O)N(c3cccc(Cl)c3)C2=O)C1. The number of imide groups is 1. The molecular weight excluding hydrogens is 340 g/mol. The van der Waals surface area contributed by atoms with Gasteiger partial charge in [0.15, 0.2) is 11.3 Å². The van der Waals surface area contributed by atoms with Crippen molar-refractivity contribution in [3.63, 3.8) is 0 Å². The number of anilines is 1. The highest BCUT2D eigenvalue weighted by atomic mass is 35.5. The molecule has 1 spiro atoms. The van der Waals surface area contributed by atoms with Gasteiger partial charge in [-0.1, -0.05) is 17.7 Å². The van der Waals surface area contributed by atoms with Crippen molar-refractivity contribution in [2.75, 3.05) is 12.0 Å². The minimum atomic E-state index is -1.65. The summed E-state index contributed by atoms with van der Waals surface area (Å²) in [5.74, 6) is -2.03. The molecule has 124 valence electrons. The summed E-state index contributed by atoms with van der Waals surface area (Å²) >= 11 is 5.90. The number of ether oxygens (including phenoxy) is 1. The van der Waals surface area contributed by atoms with Crippen LogP contribution in [0.5, 0.6) is 0 Å². The summed E-state index contributed by atoms with van der Waals surface area (Å²) in [6.07, 6.45) is -0.582. The predicted molar refractivity (Wildman–Crippen MR) is 83.0 cm³/mol. The Bertz CT molecular complexity index is 795. The van der Waals surface area contributed by atoms with Crippen LogP contribution in [0, 0.1) is 4.91 Å². The van der Waals surface area contributed by atoms with Crippen molar-refractivity contribution in [3.05, 3.63) is 34.2 Å². The lowest BCUT2D eigenvalue weighted by Crippen LogP contribution is -2.48. The fourth-order valence-electron chi connectivity index (χ4n) is 2.82. The van der Waals surface area contributed by atoms with E-state index in [0.29, 0.717) is 10.1 Å². The second kappa shape index (κ2) is 5.68. The van der Waals surface area contributed by atoms with E-state index in [-0.39, 0.29) is 24.2 Å². The summed E-state index contributed by atoms with van der Waals surface area (Å²) in [7, 11) is 1.15. The molecular formula is C14H11ClN4O5. The molecule has 0 aromatic heterocycles. The highest BCUT2D eigenvalue weighted by Crippen LogP contribution is 2.40. The van der Waals surface area contributed by atoms with E-state index in [4.69, 9.17) is 11.6 Å². The van der Waals surface area contributed by atoms with Gasteiger partial charge in [0, 0.05) is 11.4 Å². The molecule has 0 unspecified atom stereocenters. The molecule has 0 radical (unpaired) electrons. The first-order valence-corrected chi connectivity index (χ1v) is 7.23. The number of hydrogen-bond acceptors (Lipinski definition) is 7. The first-order valence-electron chi connectivity index (χ1n) is 6.85. The monoisotopic (exact) mass is 350 g/mol. The molecule has 2 amide bonds. The van der Waals surface area contributed by atoms with Crippen LogP contribution in [0.15, 0.2) is 34.7 Å². The average molecular weight is 351 g/mol. The summed E-state index contributed by atoms with van der Waals surface area (Å²) in [6, 6.07) is 6.17.